The number of hydrogen-bond donors (Lipinski definition) is 3. The number of methoxy groups -OCH3 is 1. The Bertz CT molecular complexity index is 221. The average Bonchev–Trinajstić information content (AvgIpc) is 2.81. The van der Waals surface area contributed by atoms with Gasteiger partial charge in [-0.05, 0) is 19.3 Å². The van der Waals surface area contributed by atoms with Crippen molar-refractivity contribution in [1.29, 1.82) is 0 Å². The van der Waals surface area contributed by atoms with Crippen LogP contribution in [-0.4, -0.2) is 31.8 Å². The first-order valence-corrected chi connectivity index (χ1v) is 6.60. The van der Waals surface area contributed by atoms with Crippen molar-refractivity contribution in [3.05, 3.63) is 0 Å². The Balaban J connectivity index is 2.47. The minimum absolute atomic E-state index is 0.279. The van der Waals surface area contributed by atoms with Gasteiger partial charge in [-0.3, -0.25) is 5.43 Å². The van der Waals surface area contributed by atoms with Gasteiger partial charge in [-0.25, -0.2) is 10.8 Å². The lowest BCUT2D eigenvalue weighted by atomic mass is 10.2. The summed E-state index contributed by atoms with van der Waals surface area (Å²) >= 11 is 0. The molecule has 0 aromatic heterocycles. The van der Waals surface area contributed by atoms with Crippen LogP contribution in [0, 0.1) is 0 Å². The Labute approximate surface area is 104 Å². The van der Waals surface area contributed by atoms with Gasteiger partial charge in [0, 0.05) is 7.11 Å². The summed E-state index contributed by atoms with van der Waals surface area (Å²) in [6, 6.07) is 0.708. The van der Waals surface area contributed by atoms with E-state index in [2.05, 4.69) is 22.7 Å². The van der Waals surface area contributed by atoms with Crippen molar-refractivity contribution in [2.45, 2.75) is 57.5 Å². The van der Waals surface area contributed by atoms with E-state index in [1.54, 1.807) is 7.11 Å². The van der Waals surface area contributed by atoms with Crippen molar-refractivity contribution in [2.24, 2.45) is 10.8 Å². The maximum atomic E-state index is 5.51. The number of hydrazine groups is 1. The number of ether oxygens (including phenoxy) is 1. The first-order chi connectivity index (χ1) is 8.30. The molecule has 1 fully saturated rings. The van der Waals surface area contributed by atoms with Crippen LogP contribution in [0.3, 0.4) is 0 Å². The molecule has 0 bridgehead atoms. The molecule has 0 amide bonds. The lowest BCUT2D eigenvalue weighted by Crippen LogP contribution is -2.48. The van der Waals surface area contributed by atoms with Crippen LogP contribution >= 0.6 is 0 Å². The summed E-state index contributed by atoms with van der Waals surface area (Å²) in [4.78, 5) is 4.61. The maximum absolute atomic E-state index is 5.51. The molecule has 0 aliphatic heterocycles. The van der Waals surface area contributed by atoms with Crippen molar-refractivity contribution >= 4 is 5.96 Å². The van der Waals surface area contributed by atoms with Gasteiger partial charge >= 0.3 is 0 Å². The van der Waals surface area contributed by atoms with E-state index in [1.807, 2.05) is 0 Å². The fourth-order valence-electron chi connectivity index (χ4n) is 2.27. The van der Waals surface area contributed by atoms with E-state index in [4.69, 9.17) is 10.6 Å². The van der Waals surface area contributed by atoms with Crippen molar-refractivity contribution in [2.75, 3.05) is 13.7 Å². The molecule has 1 atom stereocenters. The fourth-order valence-corrected chi connectivity index (χ4v) is 2.27. The van der Waals surface area contributed by atoms with Crippen LogP contribution in [0.1, 0.15) is 45.4 Å². The number of nitrogens with one attached hydrogen (secondary N) is 2. The third-order valence-corrected chi connectivity index (χ3v) is 3.12. The van der Waals surface area contributed by atoms with Gasteiger partial charge in [0.15, 0.2) is 0 Å². The van der Waals surface area contributed by atoms with Gasteiger partial charge < -0.3 is 10.1 Å². The molecule has 0 radical (unpaired) electrons. The van der Waals surface area contributed by atoms with E-state index in [0.29, 0.717) is 18.6 Å². The molecule has 0 saturated heterocycles. The molecule has 100 valence electrons. The molecular formula is C12H26N4O. The fraction of sp³-hybridized carbons (Fsp3) is 0.917. The Morgan fingerprint density at radius 1 is 1.47 bits per heavy atom. The number of nitrogens with zero attached hydrogens (tertiary/aromatic N) is 1. The first kappa shape index (κ1) is 14.3. The van der Waals surface area contributed by atoms with Crippen LogP contribution in [-0.2, 0) is 4.74 Å². The van der Waals surface area contributed by atoms with Gasteiger partial charge in [0.1, 0.15) is 0 Å². The predicted molar refractivity (Wildman–Crippen MR) is 70.7 cm³/mol. The van der Waals surface area contributed by atoms with Gasteiger partial charge in [-0.15, -0.1) is 0 Å². The van der Waals surface area contributed by atoms with Crippen LogP contribution < -0.4 is 16.6 Å². The SMILES string of the molecule is CCCC(COC)NC(=NC1CCCC1)NN. The van der Waals surface area contributed by atoms with Gasteiger partial charge in [-0.1, -0.05) is 26.2 Å². The van der Waals surface area contributed by atoms with Crippen LogP contribution in [0.25, 0.3) is 0 Å². The average molecular weight is 242 g/mol. The van der Waals surface area contributed by atoms with Gasteiger partial charge in [0.25, 0.3) is 0 Å². The molecule has 1 rings (SSSR count). The van der Waals surface area contributed by atoms with Crippen LogP contribution in [0.4, 0.5) is 0 Å². The van der Waals surface area contributed by atoms with Crippen molar-refractivity contribution in [3.8, 4) is 0 Å². The van der Waals surface area contributed by atoms with E-state index < -0.39 is 0 Å². The quantitative estimate of drug-likeness (QED) is 0.283. The topological polar surface area (TPSA) is 71.7 Å². The van der Waals surface area contributed by atoms with E-state index in [1.165, 1.54) is 25.7 Å². The Morgan fingerprint density at radius 2 is 2.18 bits per heavy atom. The van der Waals surface area contributed by atoms with Crippen molar-refractivity contribution in [3.63, 3.8) is 0 Å². The van der Waals surface area contributed by atoms with Crippen molar-refractivity contribution < 1.29 is 4.74 Å². The van der Waals surface area contributed by atoms with Crippen LogP contribution in [0.15, 0.2) is 4.99 Å². The van der Waals surface area contributed by atoms with Crippen LogP contribution in [0.2, 0.25) is 0 Å². The highest BCUT2D eigenvalue weighted by molar-refractivity contribution is 5.79. The van der Waals surface area contributed by atoms with E-state index in [-0.39, 0.29) is 6.04 Å². The second-order valence-corrected chi connectivity index (χ2v) is 4.65. The standard InChI is InChI=1S/C12H26N4O/c1-3-6-11(9-17-2)15-12(16-13)14-10-7-4-5-8-10/h10-11H,3-9,13H2,1-2H3,(H2,14,15,16). The molecular weight excluding hydrogens is 216 g/mol. The second kappa shape index (κ2) is 8.31. The molecule has 0 heterocycles. The monoisotopic (exact) mass is 242 g/mol. The summed E-state index contributed by atoms with van der Waals surface area (Å²) in [5.41, 5.74) is 2.66. The van der Waals surface area contributed by atoms with Crippen LogP contribution in [0.5, 0.6) is 0 Å². The smallest absolute Gasteiger partial charge is 0.206 e. The summed E-state index contributed by atoms with van der Waals surface area (Å²) in [5.74, 6) is 6.21. The molecule has 4 N–H and O–H groups in total. The molecule has 5 heteroatoms. The zero-order chi connectivity index (χ0) is 12.5. The zero-order valence-corrected chi connectivity index (χ0v) is 11.0. The Kier molecular flexibility index (Phi) is 6.96. The van der Waals surface area contributed by atoms with Gasteiger partial charge in [-0.2, -0.15) is 0 Å². The lowest BCUT2D eigenvalue weighted by Gasteiger charge is -2.20. The molecule has 5 nitrogen and oxygen atoms in total. The summed E-state index contributed by atoms with van der Waals surface area (Å²) in [7, 11) is 1.72. The van der Waals surface area contributed by atoms with E-state index in [0.717, 1.165) is 12.8 Å². The summed E-state index contributed by atoms with van der Waals surface area (Å²) in [6.45, 7) is 2.84. The highest BCUT2D eigenvalue weighted by Crippen LogP contribution is 2.20. The third-order valence-electron chi connectivity index (χ3n) is 3.12. The Hall–Kier alpha value is -0.810. The molecule has 1 saturated carbocycles. The predicted octanol–water partition coefficient (Wildman–Crippen LogP) is 1.15. The Morgan fingerprint density at radius 3 is 2.71 bits per heavy atom. The molecule has 0 spiro atoms. The summed E-state index contributed by atoms with van der Waals surface area (Å²) in [5, 5.41) is 3.32. The molecule has 1 aliphatic rings. The minimum Gasteiger partial charge on any atom is -0.383 e. The maximum Gasteiger partial charge on any atom is 0.206 e. The third kappa shape index (κ3) is 5.37. The van der Waals surface area contributed by atoms with Gasteiger partial charge in [0.2, 0.25) is 5.96 Å². The largest absolute Gasteiger partial charge is 0.383 e. The van der Waals surface area contributed by atoms with E-state index >= 15 is 0 Å². The van der Waals surface area contributed by atoms with Gasteiger partial charge in [0.05, 0.1) is 18.7 Å². The molecule has 1 aliphatic carbocycles. The number of nitrogens with two attached hydrogens (primary N) is 1. The number of hydrogen-bond acceptors (Lipinski definition) is 3. The number of rotatable bonds is 6. The molecule has 1 unspecified atom stereocenters. The highest BCUT2D eigenvalue weighted by atomic mass is 16.5. The lowest BCUT2D eigenvalue weighted by molar-refractivity contribution is 0.169. The first-order valence-electron chi connectivity index (χ1n) is 6.60. The minimum atomic E-state index is 0.279. The molecule has 0 aromatic rings. The number of guanidine groups is 1. The summed E-state index contributed by atoms with van der Waals surface area (Å²) < 4.78 is 5.19. The van der Waals surface area contributed by atoms with Crippen molar-refractivity contribution in [1.82, 2.24) is 10.7 Å². The molecule has 0 aromatic carbocycles. The second-order valence-electron chi connectivity index (χ2n) is 4.65. The molecule has 17 heavy (non-hydrogen) atoms. The number of aliphatic imine (C=N–C) groups is 1. The zero-order valence-electron chi connectivity index (χ0n) is 11.0. The van der Waals surface area contributed by atoms with E-state index in [9.17, 15) is 0 Å². The summed E-state index contributed by atoms with van der Waals surface area (Å²) in [6.07, 6.45) is 7.08. The normalized spacial score (nSPS) is 19.4. The highest BCUT2D eigenvalue weighted by Gasteiger charge is 2.16.